The molecule has 0 aliphatic rings. The Morgan fingerprint density at radius 1 is 1.31 bits per heavy atom. The third-order valence-electron chi connectivity index (χ3n) is 1.98. The highest BCUT2D eigenvalue weighted by Gasteiger charge is 1.98. The van der Waals surface area contributed by atoms with Crippen LogP contribution in [0.25, 0.3) is 0 Å². The van der Waals surface area contributed by atoms with Crippen molar-refractivity contribution in [3.8, 4) is 0 Å². The molecule has 0 aliphatic carbocycles. The molecule has 0 heterocycles. The van der Waals surface area contributed by atoms with Gasteiger partial charge in [0.2, 0.25) is 0 Å². The lowest BCUT2D eigenvalue weighted by molar-refractivity contribution is -0.116. The summed E-state index contributed by atoms with van der Waals surface area (Å²) in [5.74, 6) is 0.230. The molecule has 0 amide bonds. The van der Waals surface area contributed by atoms with Crippen LogP contribution in [0.5, 0.6) is 0 Å². The molecule has 13 heavy (non-hydrogen) atoms. The van der Waals surface area contributed by atoms with E-state index in [4.69, 9.17) is 0 Å². The number of hydrogen-bond donors (Lipinski definition) is 0. The highest BCUT2D eigenvalue weighted by atomic mass is 16.1. The van der Waals surface area contributed by atoms with E-state index >= 15 is 0 Å². The molecule has 1 aromatic rings. The topological polar surface area (TPSA) is 17.1 Å². The first kappa shape index (κ1) is 9.97. The number of hydrogen-bond acceptors (Lipinski definition) is 1. The Balaban J connectivity index is 2.73. The number of rotatable bonds is 4. The number of ketones is 1. The second kappa shape index (κ2) is 4.80. The largest absolute Gasteiger partial charge is 0.300 e. The van der Waals surface area contributed by atoms with Gasteiger partial charge < -0.3 is 0 Å². The average molecular weight is 176 g/mol. The summed E-state index contributed by atoms with van der Waals surface area (Å²) in [6.07, 6.45) is 2.83. The SMILES string of the molecule is CCCc1cccc(CC(C)=O)c1. The Kier molecular flexibility index (Phi) is 3.69. The van der Waals surface area contributed by atoms with Crippen LogP contribution in [-0.2, 0) is 17.6 Å². The van der Waals surface area contributed by atoms with E-state index < -0.39 is 0 Å². The zero-order valence-electron chi connectivity index (χ0n) is 8.34. The Morgan fingerprint density at radius 3 is 2.62 bits per heavy atom. The molecule has 0 saturated heterocycles. The van der Waals surface area contributed by atoms with Crippen LogP contribution in [0.1, 0.15) is 31.4 Å². The average Bonchev–Trinajstić information content (AvgIpc) is 2.04. The van der Waals surface area contributed by atoms with Crippen molar-refractivity contribution < 1.29 is 4.79 Å². The van der Waals surface area contributed by atoms with Gasteiger partial charge in [-0.05, 0) is 24.5 Å². The maximum absolute atomic E-state index is 10.9. The van der Waals surface area contributed by atoms with Gasteiger partial charge in [-0.15, -0.1) is 0 Å². The molecule has 0 N–H and O–H groups in total. The van der Waals surface area contributed by atoms with Gasteiger partial charge in [0.25, 0.3) is 0 Å². The number of Topliss-reactive ketones (excluding diaryl/α,β-unsaturated/α-hetero) is 1. The Bertz CT molecular complexity index is 289. The van der Waals surface area contributed by atoms with Crippen molar-refractivity contribution >= 4 is 5.78 Å². The molecule has 0 bridgehead atoms. The van der Waals surface area contributed by atoms with E-state index in [0.717, 1.165) is 18.4 Å². The van der Waals surface area contributed by atoms with E-state index in [0.29, 0.717) is 6.42 Å². The van der Waals surface area contributed by atoms with Gasteiger partial charge in [0.05, 0.1) is 0 Å². The third kappa shape index (κ3) is 3.41. The molecule has 0 fully saturated rings. The first-order chi connectivity index (χ1) is 6.22. The van der Waals surface area contributed by atoms with Gasteiger partial charge in [-0.25, -0.2) is 0 Å². The number of carbonyl (C=O) groups excluding carboxylic acids is 1. The van der Waals surface area contributed by atoms with Crippen LogP contribution in [-0.4, -0.2) is 5.78 Å². The van der Waals surface area contributed by atoms with Gasteiger partial charge >= 0.3 is 0 Å². The van der Waals surface area contributed by atoms with Gasteiger partial charge in [-0.1, -0.05) is 37.6 Å². The molecule has 1 nitrogen and oxygen atoms in total. The summed E-state index contributed by atoms with van der Waals surface area (Å²) in [4.78, 5) is 10.9. The molecule has 0 aromatic heterocycles. The summed E-state index contributed by atoms with van der Waals surface area (Å²) in [6, 6.07) is 8.29. The summed E-state index contributed by atoms with van der Waals surface area (Å²) in [5.41, 5.74) is 2.47. The molecule has 0 spiro atoms. The van der Waals surface area contributed by atoms with Crippen molar-refractivity contribution in [1.82, 2.24) is 0 Å². The molecule has 0 atom stereocenters. The van der Waals surface area contributed by atoms with Gasteiger partial charge in [0, 0.05) is 6.42 Å². The molecule has 0 unspecified atom stereocenters. The lowest BCUT2D eigenvalue weighted by atomic mass is 10.0. The summed E-state index contributed by atoms with van der Waals surface area (Å²) in [7, 11) is 0. The van der Waals surface area contributed by atoms with Crippen LogP contribution in [0.3, 0.4) is 0 Å². The van der Waals surface area contributed by atoms with Crippen LogP contribution in [0.2, 0.25) is 0 Å². The molecule has 1 aromatic carbocycles. The minimum atomic E-state index is 0.230. The van der Waals surface area contributed by atoms with Gasteiger partial charge in [0.1, 0.15) is 5.78 Å². The first-order valence-electron chi connectivity index (χ1n) is 4.79. The van der Waals surface area contributed by atoms with Crippen LogP contribution in [0, 0.1) is 0 Å². The summed E-state index contributed by atoms with van der Waals surface area (Å²) < 4.78 is 0. The Morgan fingerprint density at radius 2 is 2.00 bits per heavy atom. The third-order valence-corrected chi connectivity index (χ3v) is 1.98. The summed E-state index contributed by atoms with van der Waals surface area (Å²) >= 11 is 0. The van der Waals surface area contributed by atoms with Crippen molar-refractivity contribution in [2.75, 3.05) is 0 Å². The maximum Gasteiger partial charge on any atom is 0.134 e. The lowest BCUT2D eigenvalue weighted by Crippen LogP contribution is -1.96. The van der Waals surface area contributed by atoms with E-state index in [9.17, 15) is 4.79 Å². The minimum Gasteiger partial charge on any atom is -0.300 e. The predicted octanol–water partition coefficient (Wildman–Crippen LogP) is 2.77. The number of benzene rings is 1. The molecule has 0 aliphatic heterocycles. The highest BCUT2D eigenvalue weighted by molar-refractivity contribution is 5.78. The number of aryl methyl sites for hydroxylation is 1. The fourth-order valence-electron chi connectivity index (χ4n) is 1.47. The van der Waals surface area contributed by atoms with Gasteiger partial charge in [0.15, 0.2) is 0 Å². The molecule has 70 valence electrons. The van der Waals surface area contributed by atoms with E-state index in [-0.39, 0.29) is 5.78 Å². The smallest absolute Gasteiger partial charge is 0.134 e. The molecule has 1 heteroatoms. The van der Waals surface area contributed by atoms with E-state index in [1.165, 1.54) is 5.56 Å². The molecule has 0 radical (unpaired) electrons. The first-order valence-corrected chi connectivity index (χ1v) is 4.79. The highest BCUT2D eigenvalue weighted by Crippen LogP contribution is 2.08. The van der Waals surface area contributed by atoms with Crippen LogP contribution >= 0.6 is 0 Å². The molecular formula is C12H16O. The van der Waals surface area contributed by atoms with Crippen molar-refractivity contribution in [2.24, 2.45) is 0 Å². The Labute approximate surface area is 79.8 Å². The predicted molar refractivity (Wildman–Crippen MR) is 54.8 cm³/mol. The van der Waals surface area contributed by atoms with Crippen LogP contribution < -0.4 is 0 Å². The lowest BCUT2D eigenvalue weighted by Gasteiger charge is -2.01. The fraction of sp³-hybridized carbons (Fsp3) is 0.417. The Hall–Kier alpha value is -1.11. The summed E-state index contributed by atoms with van der Waals surface area (Å²) in [6.45, 7) is 3.80. The normalized spacial score (nSPS) is 10.0. The van der Waals surface area contributed by atoms with Crippen LogP contribution in [0.4, 0.5) is 0 Å². The maximum atomic E-state index is 10.9. The quantitative estimate of drug-likeness (QED) is 0.689. The molecule has 1 rings (SSSR count). The standard InChI is InChI=1S/C12H16O/c1-3-5-11-6-4-7-12(9-11)8-10(2)13/h4,6-7,9H,3,5,8H2,1-2H3. The van der Waals surface area contributed by atoms with Crippen molar-refractivity contribution in [3.63, 3.8) is 0 Å². The fourth-order valence-corrected chi connectivity index (χ4v) is 1.47. The number of carbonyl (C=O) groups is 1. The van der Waals surface area contributed by atoms with E-state index in [1.807, 2.05) is 12.1 Å². The molecule has 0 saturated carbocycles. The van der Waals surface area contributed by atoms with Crippen molar-refractivity contribution in [2.45, 2.75) is 33.1 Å². The van der Waals surface area contributed by atoms with Gasteiger partial charge in [-0.3, -0.25) is 4.79 Å². The monoisotopic (exact) mass is 176 g/mol. The van der Waals surface area contributed by atoms with E-state index in [2.05, 4.69) is 19.1 Å². The van der Waals surface area contributed by atoms with Gasteiger partial charge in [-0.2, -0.15) is 0 Å². The zero-order valence-corrected chi connectivity index (χ0v) is 8.34. The second-order valence-electron chi connectivity index (χ2n) is 3.45. The minimum absolute atomic E-state index is 0.230. The van der Waals surface area contributed by atoms with Crippen molar-refractivity contribution in [1.29, 1.82) is 0 Å². The molecular weight excluding hydrogens is 160 g/mol. The summed E-state index contributed by atoms with van der Waals surface area (Å²) in [5, 5.41) is 0. The van der Waals surface area contributed by atoms with E-state index in [1.54, 1.807) is 6.92 Å². The zero-order chi connectivity index (χ0) is 9.68. The van der Waals surface area contributed by atoms with Crippen LogP contribution in [0.15, 0.2) is 24.3 Å². The second-order valence-corrected chi connectivity index (χ2v) is 3.45. The van der Waals surface area contributed by atoms with Crippen molar-refractivity contribution in [3.05, 3.63) is 35.4 Å².